The molecule has 0 saturated carbocycles. The van der Waals surface area contributed by atoms with E-state index < -0.39 is 0 Å². The number of benzene rings is 1. The highest BCUT2D eigenvalue weighted by molar-refractivity contribution is 9.10. The number of phenolic OH excluding ortho intramolecular Hbond substituents is 1. The number of aromatic hydroxyl groups is 1. The summed E-state index contributed by atoms with van der Waals surface area (Å²) in [6, 6.07) is 5.11. The Hall–Kier alpha value is -1.14. The van der Waals surface area contributed by atoms with Gasteiger partial charge >= 0.3 is 0 Å². The van der Waals surface area contributed by atoms with Gasteiger partial charge in [-0.2, -0.15) is 5.10 Å². The number of hydrazone groups is 1. The van der Waals surface area contributed by atoms with Gasteiger partial charge in [0.05, 0.1) is 6.21 Å². The van der Waals surface area contributed by atoms with Crippen molar-refractivity contribution in [1.29, 1.82) is 0 Å². The second-order valence-corrected chi connectivity index (χ2v) is 6.10. The van der Waals surface area contributed by atoms with Crippen molar-refractivity contribution in [1.82, 2.24) is 10.7 Å². The van der Waals surface area contributed by atoms with Crippen LogP contribution in [0.4, 0.5) is 0 Å². The normalized spacial score (nSPS) is 11.6. The van der Waals surface area contributed by atoms with E-state index in [2.05, 4.69) is 31.8 Å². The van der Waals surface area contributed by atoms with Gasteiger partial charge in [0.2, 0.25) is 0 Å². The van der Waals surface area contributed by atoms with E-state index in [1.807, 2.05) is 20.8 Å². The van der Waals surface area contributed by atoms with Crippen LogP contribution >= 0.6 is 28.1 Å². The molecular weight excluding hydrogens is 314 g/mol. The van der Waals surface area contributed by atoms with Crippen molar-refractivity contribution < 1.29 is 5.11 Å². The molecular formula is C12H16BrN3OS. The molecule has 0 unspecified atom stereocenters. The molecule has 0 radical (unpaired) electrons. The second-order valence-electron chi connectivity index (χ2n) is 4.78. The van der Waals surface area contributed by atoms with Crippen LogP contribution in [0.15, 0.2) is 27.8 Å². The van der Waals surface area contributed by atoms with E-state index in [4.69, 9.17) is 12.2 Å². The number of hydrogen-bond donors (Lipinski definition) is 3. The number of nitrogens with one attached hydrogen (secondary N) is 2. The highest BCUT2D eigenvalue weighted by Gasteiger charge is 2.09. The standard InChI is InChI=1S/C12H16BrN3OS/c1-12(2,3)15-11(18)16-14-7-8-6-9(13)4-5-10(8)17/h4-7,17H,1-3H3,(H2,15,16,18)/b14-7+. The summed E-state index contributed by atoms with van der Waals surface area (Å²) < 4.78 is 0.872. The molecule has 4 nitrogen and oxygen atoms in total. The minimum absolute atomic E-state index is 0.114. The van der Waals surface area contributed by atoms with Crippen molar-refractivity contribution in [3.05, 3.63) is 28.2 Å². The fourth-order valence-corrected chi connectivity index (χ4v) is 1.90. The summed E-state index contributed by atoms with van der Waals surface area (Å²) in [6.45, 7) is 6.01. The van der Waals surface area contributed by atoms with Gasteiger partial charge in [0.25, 0.3) is 0 Å². The number of nitrogens with zero attached hydrogens (tertiary/aromatic N) is 1. The molecule has 0 aromatic heterocycles. The van der Waals surface area contributed by atoms with Gasteiger partial charge in [-0.15, -0.1) is 0 Å². The first-order valence-corrected chi connectivity index (χ1v) is 6.58. The third kappa shape index (κ3) is 5.46. The predicted octanol–water partition coefficient (Wildman–Crippen LogP) is 2.75. The predicted molar refractivity (Wildman–Crippen MR) is 82.0 cm³/mol. The smallest absolute Gasteiger partial charge is 0.187 e. The SMILES string of the molecule is CC(C)(C)NC(=S)N/N=C/c1cc(Br)ccc1O. The number of rotatable bonds is 2. The van der Waals surface area contributed by atoms with E-state index in [1.165, 1.54) is 6.21 Å². The van der Waals surface area contributed by atoms with Gasteiger partial charge in [0.1, 0.15) is 5.75 Å². The molecule has 0 bridgehead atoms. The van der Waals surface area contributed by atoms with Crippen LogP contribution in [0, 0.1) is 0 Å². The molecule has 1 rings (SSSR count). The zero-order valence-electron chi connectivity index (χ0n) is 10.5. The molecule has 1 aromatic carbocycles. The number of halogens is 1. The molecule has 0 atom stereocenters. The Bertz CT molecular complexity index is 469. The molecule has 98 valence electrons. The molecule has 1 aromatic rings. The average Bonchev–Trinajstić information content (AvgIpc) is 2.20. The lowest BCUT2D eigenvalue weighted by atomic mass is 10.1. The van der Waals surface area contributed by atoms with E-state index >= 15 is 0 Å². The Morgan fingerprint density at radius 2 is 2.11 bits per heavy atom. The summed E-state index contributed by atoms with van der Waals surface area (Å²) in [5.41, 5.74) is 3.19. The monoisotopic (exact) mass is 329 g/mol. The van der Waals surface area contributed by atoms with Gasteiger partial charge in [0.15, 0.2) is 5.11 Å². The first kappa shape index (κ1) is 14.9. The van der Waals surface area contributed by atoms with Gasteiger partial charge < -0.3 is 10.4 Å². The van der Waals surface area contributed by atoms with Gasteiger partial charge in [0, 0.05) is 15.6 Å². The average molecular weight is 330 g/mol. The molecule has 0 fully saturated rings. The molecule has 0 heterocycles. The minimum Gasteiger partial charge on any atom is -0.507 e. The Morgan fingerprint density at radius 3 is 2.72 bits per heavy atom. The van der Waals surface area contributed by atoms with Crippen LogP contribution in [0.3, 0.4) is 0 Å². The Morgan fingerprint density at radius 1 is 1.44 bits per heavy atom. The summed E-state index contributed by atoms with van der Waals surface area (Å²) in [7, 11) is 0. The van der Waals surface area contributed by atoms with E-state index in [0.29, 0.717) is 10.7 Å². The van der Waals surface area contributed by atoms with E-state index in [1.54, 1.807) is 18.2 Å². The summed E-state index contributed by atoms with van der Waals surface area (Å²) in [5, 5.41) is 17.1. The fourth-order valence-electron chi connectivity index (χ4n) is 1.16. The van der Waals surface area contributed by atoms with Crippen LogP contribution in [-0.4, -0.2) is 22.0 Å². The fraction of sp³-hybridized carbons (Fsp3) is 0.333. The maximum absolute atomic E-state index is 9.60. The van der Waals surface area contributed by atoms with Crippen molar-refractivity contribution in [2.75, 3.05) is 0 Å². The lowest BCUT2D eigenvalue weighted by molar-refractivity contribution is 0.474. The molecule has 6 heteroatoms. The van der Waals surface area contributed by atoms with E-state index in [-0.39, 0.29) is 11.3 Å². The van der Waals surface area contributed by atoms with E-state index in [0.717, 1.165) is 4.47 Å². The van der Waals surface area contributed by atoms with Crippen LogP contribution in [0.1, 0.15) is 26.3 Å². The van der Waals surface area contributed by atoms with Crippen molar-refractivity contribution in [2.24, 2.45) is 5.10 Å². The third-order valence-corrected chi connectivity index (χ3v) is 2.53. The first-order valence-electron chi connectivity index (χ1n) is 5.38. The topological polar surface area (TPSA) is 56.7 Å². The van der Waals surface area contributed by atoms with Crippen molar-refractivity contribution in [3.63, 3.8) is 0 Å². The maximum Gasteiger partial charge on any atom is 0.187 e. The Labute approximate surface area is 121 Å². The zero-order valence-corrected chi connectivity index (χ0v) is 12.9. The van der Waals surface area contributed by atoms with Crippen LogP contribution < -0.4 is 10.7 Å². The molecule has 0 aliphatic heterocycles. The third-order valence-electron chi connectivity index (χ3n) is 1.85. The summed E-state index contributed by atoms with van der Waals surface area (Å²) >= 11 is 8.39. The lowest BCUT2D eigenvalue weighted by Crippen LogP contribution is -2.44. The van der Waals surface area contributed by atoms with Gasteiger partial charge in [-0.05, 0) is 51.2 Å². The maximum atomic E-state index is 9.60. The molecule has 18 heavy (non-hydrogen) atoms. The zero-order chi connectivity index (χ0) is 13.8. The van der Waals surface area contributed by atoms with E-state index in [9.17, 15) is 5.11 Å². The van der Waals surface area contributed by atoms with Gasteiger partial charge in [-0.25, -0.2) is 0 Å². The summed E-state index contributed by atoms with van der Waals surface area (Å²) in [5.74, 6) is 0.165. The lowest BCUT2D eigenvalue weighted by Gasteiger charge is -2.21. The number of hydrogen-bond acceptors (Lipinski definition) is 3. The van der Waals surface area contributed by atoms with Crippen LogP contribution in [0.25, 0.3) is 0 Å². The summed E-state index contributed by atoms with van der Waals surface area (Å²) in [6.07, 6.45) is 1.51. The molecule has 0 spiro atoms. The van der Waals surface area contributed by atoms with Crippen molar-refractivity contribution in [3.8, 4) is 5.75 Å². The van der Waals surface area contributed by atoms with Crippen LogP contribution in [-0.2, 0) is 0 Å². The molecule has 3 N–H and O–H groups in total. The van der Waals surface area contributed by atoms with Crippen molar-refractivity contribution >= 4 is 39.5 Å². The second kappa shape index (κ2) is 6.15. The van der Waals surface area contributed by atoms with Crippen molar-refractivity contribution in [2.45, 2.75) is 26.3 Å². The highest BCUT2D eigenvalue weighted by Crippen LogP contribution is 2.19. The number of thiocarbonyl (C=S) groups is 1. The molecule has 0 aliphatic carbocycles. The minimum atomic E-state index is -0.114. The quantitative estimate of drug-likeness (QED) is 0.443. The summed E-state index contributed by atoms with van der Waals surface area (Å²) in [4.78, 5) is 0. The Kier molecular flexibility index (Phi) is 5.10. The first-order chi connectivity index (χ1) is 8.28. The van der Waals surface area contributed by atoms with Crippen LogP contribution in [0.2, 0.25) is 0 Å². The molecule has 0 amide bonds. The van der Waals surface area contributed by atoms with Crippen LogP contribution in [0.5, 0.6) is 5.75 Å². The Balaban J connectivity index is 2.60. The van der Waals surface area contributed by atoms with Gasteiger partial charge in [-0.3, -0.25) is 5.43 Å². The molecule has 0 aliphatic rings. The highest BCUT2D eigenvalue weighted by atomic mass is 79.9. The largest absolute Gasteiger partial charge is 0.507 e. The van der Waals surface area contributed by atoms with Gasteiger partial charge in [-0.1, -0.05) is 15.9 Å². The molecule has 0 saturated heterocycles. The number of phenols is 1.